The van der Waals surface area contributed by atoms with Gasteiger partial charge in [-0.2, -0.15) is 0 Å². The van der Waals surface area contributed by atoms with Gasteiger partial charge in [-0.3, -0.25) is 0 Å². The van der Waals surface area contributed by atoms with Crippen molar-refractivity contribution in [1.29, 1.82) is 0 Å². The molecule has 0 aromatic heterocycles. The third-order valence-corrected chi connectivity index (χ3v) is 2.65. The van der Waals surface area contributed by atoms with Crippen molar-refractivity contribution in [1.82, 2.24) is 0 Å². The number of aryl methyl sites for hydroxylation is 1. The van der Waals surface area contributed by atoms with Crippen LogP contribution >= 0.6 is 11.6 Å². The molecule has 2 nitrogen and oxygen atoms in total. The Morgan fingerprint density at radius 2 is 2.00 bits per heavy atom. The normalized spacial score (nSPS) is 13.2. The molecule has 0 radical (unpaired) electrons. The smallest absolute Gasteiger partial charge is 0.138 e. The predicted molar refractivity (Wildman–Crippen MR) is 64.2 cm³/mol. The first-order valence-corrected chi connectivity index (χ1v) is 5.54. The second kappa shape index (κ2) is 4.86. The van der Waals surface area contributed by atoms with Crippen molar-refractivity contribution in [2.75, 3.05) is 0 Å². The molecular weight excluding hydrogens is 210 g/mol. The van der Waals surface area contributed by atoms with Gasteiger partial charge in [0.05, 0.1) is 5.02 Å². The fraction of sp³-hybridized carbons (Fsp3) is 0.500. The molecule has 0 saturated carbocycles. The Labute approximate surface area is 96.1 Å². The summed E-state index contributed by atoms with van der Waals surface area (Å²) in [5, 5.41) is 10.2. The Kier molecular flexibility index (Phi) is 4.00. The molecule has 0 bridgehead atoms. The number of hydrogen-bond donors (Lipinski definition) is 2. The lowest BCUT2D eigenvalue weighted by Crippen LogP contribution is -2.13. The molecule has 0 aliphatic carbocycles. The van der Waals surface area contributed by atoms with Gasteiger partial charge in [-0.05, 0) is 30.9 Å². The number of rotatable bonds is 3. The van der Waals surface area contributed by atoms with Crippen molar-refractivity contribution >= 4 is 11.6 Å². The molecule has 0 aliphatic rings. The highest BCUT2D eigenvalue weighted by Gasteiger charge is 2.15. The highest BCUT2D eigenvalue weighted by molar-refractivity contribution is 6.32. The van der Waals surface area contributed by atoms with E-state index in [2.05, 4.69) is 13.8 Å². The maximum atomic E-state index is 9.79. The van der Waals surface area contributed by atoms with Crippen LogP contribution in [0.25, 0.3) is 0 Å². The highest BCUT2D eigenvalue weighted by atomic mass is 35.5. The van der Waals surface area contributed by atoms with Gasteiger partial charge >= 0.3 is 0 Å². The third kappa shape index (κ3) is 3.11. The second-order valence-electron chi connectivity index (χ2n) is 4.42. The topological polar surface area (TPSA) is 46.2 Å². The summed E-state index contributed by atoms with van der Waals surface area (Å²) in [5.74, 6) is 0.620. The molecule has 15 heavy (non-hydrogen) atoms. The summed E-state index contributed by atoms with van der Waals surface area (Å²) in [6.07, 6.45) is 0.841. The number of halogens is 1. The lowest BCUT2D eigenvalue weighted by atomic mass is 9.96. The van der Waals surface area contributed by atoms with Crippen LogP contribution in [0.4, 0.5) is 0 Å². The minimum Gasteiger partial charge on any atom is -0.506 e. The minimum atomic E-state index is -0.151. The molecule has 1 aromatic carbocycles. The zero-order chi connectivity index (χ0) is 11.6. The molecular formula is C12H18ClNO. The Bertz CT molecular complexity index is 350. The van der Waals surface area contributed by atoms with Gasteiger partial charge in [0.15, 0.2) is 0 Å². The van der Waals surface area contributed by atoms with E-state index in [1.54, 1.807) is 6.07 Å². The summed E-state index contributed by atoms with van der Waals surface area (Å²) < 4.78 is 0. The van der Waals surface area contributed by atoms with Crippen molar-refractivity contribution in [3.05, 3.63) is 28.3 Å². The molecule has 1 aromatic rings. The van der Waals surface area contributed by atoms with Crippen molar-refractivity contribution in [3.63, 3.8) is 0 Å². The second-order valence-corrected chi connectivity index (χ2v) is 4.83. The first kappa shape index (κ1) is 12.3. The van der Waals surface area contributed by atoms with Gasteiger partial charge in [-0.25, -0.2) is 0 Å². The van der Waals surface area contributed by atoms with Gasteiger partial charge < -0.3 is 10.8 Å². The van der Waals surface area contributed by atoms with Gasteiger partial charge in [0, 0.05) is 11.6 Å². The Hall–Kier alpha value is -0.730. The highest BCUT2D eigenvalue weighted by Crippen LogP contribution is 2.34. The summed E-state index contributed by atoms with van der Waals surface area (Å²) in [5.41, 5.74) is 7.78. The monoisotopic (exact) mass is 227 g/mol. The van der Waals surface area contributed by atoms with Crippen LogP contribution in [-0.4, -0.2) is 5.11 Å². The lowest BCUT2D eigenvalue weighted by Gasteiger charge is -2.17. The van der Waals surface area contributed by atoms with Crippen LogP contribution < -0.4 is 5.73 Å². The third-order valence-electron chi connectivity index (χ3n) is 2.36. The summed E-state index contributed by atoms with van der Waals surface area (Å²) in [7, 11) is 0. The minimum absolute atomic E-state index is 0.121. The summed E-state index contributed by atoms with van der Waals surface area (Å²) in [6, 6.07) is 3.49. The molecule has 1 atom stereocenters. The summed E-state index contributed by atoms with van der Waals surface area (Å²) in [6.45, 7) is 6.15. The Morgan fingerprint density at radius 1 is 1.40 bits per heavy atom. The SMILES string of the molecule is Cc1cc(Cl)c(O)c(C(N)CC(C)C)c1. The largest absolute Gasteiger partial charge is 0.506 e. The van der Waals surface area contributed by atoms with Gasteiger partial charge in [-0.15, -0.1) is 0 Å². The predicted octanol–water partition coefficient (Wildman–Crippen LogP) is 3.40. The quantitative estimate of drug-likeness (QED) is 0.832. The number of aromatic hydroxyl groups is 1. The van der Waals surface area contributed by atoms with Crippen LogP contribution in [0, 0.1) is 12.8 Å². The molecule has 3 heteroatoms. The van der Waals surface area contributed by atoms with E-state index in [9.17, 15) is 5.11 Å². The zero-order valence-electron chi connectivity index (χ0n) is 9.42. The molecule has 84 valence electrons. The maximum absolute atomic E-state index is 9.79. The molecule has 0 amide bonds. The van der Waals surface area contributed by atoms with E-state index in [-0.39, 0.29) is 11.8 Å². The van der Waals surface area contributed by atoms with Crippen LogP contribution in [0.1, 0.15) is 37.4 Å². The Morgan fingerprint density at radius 3 is 2.53 bits per heavy atom. The van der Waals surface area contributed by atoms with Crippen molar-refractivity contribution in [2.45, 2.75) is 33.2 Å². The maximum Gasteiger partial charge on any atom is 0.138 e. The van der Waals surface area contributed by atoms with E-state index in [0.717, 1.165) is 17.5 Å². The zero-order valence-corrected chi connectivity index (χ0v) is 10.2. The first-order valence-electron chi connectivity index (χ1n) is 5.16. The number of hydrogen-bond acceptors (Lipinski definition) is 2. The molecule has 0 saturated heterocycles. The molecule has 0 heterocycles. The van der Waals surface area contributed by atoms with Gasteiger partial charge in [-0.1, -0.05) is 31.5 Å². The number of phenols is 1. The lowest BCUT2D eigenvalue weighted by molar-refractivity contribution is 0.445. The molecule has 1 unspecified atom stereocenters. The van der Waals surface area contributed by atoms with E-state index in [4.69, 9.17) is 17.3 Å². The fourth-order valence-corrected chi connectivity index (χ4v) is 1.96. The average molecular weight is 228 g/mol. The van der Waals surface area contributed by atoms with E-state index in [1.165, 1.54) is 0 Å². The van der Waals surface area contributed by atoms with E-state index in [0.29, 0.717) is 10.9 Å². The number of phenolic OH excluding ortho intramolecular Hbond substituents is 1. The number of nitrogens with two attached hydrogens (primary N) is 1. The van der Waals surface area contributed by atoms with E-state index < -0.39 is 0 Å². The summed E-state index contributed by atoms with van der Waals surface area (Å²) >= 11 is 5.89. The van der Waals surface area contributed by atoms with Crippen LogP contribution in [-0.2, 0) is 0 Å². The van der Waals surface area contributed by atoms with Crippen LogP contribution in [0.3, 0.4) is 0 Å². The molecule has 0 aliphatic heterocycles. The van der Waals surface area contributed by atoms with Gasteiger partial charge in [0.25, 0.3) is 0 Å². The molecule has 3 N–H and O–H groups in total. The van der Waals surface area contributed by atoms with E-state index in [1.807, 2.05) is 13.0 Å². The average Bonchev–Trinajstić information content (AvgIpc) is 2.09. The van der Waals surface area contributed by atoms with Gasteiger partial charge in [0.2, 0.25) is 0 Å². The molecule has 0 spiro atoms. The fourth-order valence-electron chi connectivity index (χ4n) is 1.68. The number of benzene rings is 1. The van der Waals surface area contributed by atoms with Crippen molar-refractivity contribution in [3.8, 4) is 5.75 Å². The standard InChI is InChI=1S/C12H18ClNO/c1-7(2)4-11(14)9-5-8(3)6-10(13)12(9)15/h5-7,11,15H,4,14H2,1-3H3. The van der Waals surface area contributed by atoms with Gasteiger partial charge in [0.1, 0.15) is 5.75 Å². The van der Waals surface area contributed by atoms with Crippen LogP contribution in [0.15, 0.2) is 12.1 Å². The van der Waals surface area contributed by atoms with Crippen LogP contribution in [0.2, 0.25) is 5.02 Å². The Balaban J connectivity index is 3.02. The van der Waals surface area contributed by atoms with Crippen molar-refractivity contribution < 1.29 is 5.11 Å². The molecule has 1 rings (SSSR count). The van der Waals surface area contributed by atoms with Crippen molar-refractivity contribution in [2.24, 2.45) is 11.7 Å². The molecule has 0 fully saturated rings. The van der Waals surface area contributed by atoms with E-state index >= 15 is 0 Å². The first-order chi connectivity index (χ1) is 6.91. The summed E-state index contributed by atoms with van der Waals surface area (Å²) in [4.78, 5) is 0. The van der Waals surface area contributed by atoms with Crippen LogP contribution in [0.5, 0.6) is 5.75 Å².